The summed E-state index contributed by atoms with van der Waals surface area (Å²) in [4.78, 5) is 12.8. The molecule has 1 aromatic heterocycles. The maximum Gasteiger partial charge on any atom is 0.209 e. The van der Waals surface area contributed by atoms with Crippen molar-refractivity contribution in [2.75, 3.05) is 0 Å². The van der Waals surface area contributed by atoms with Crippen LogP contribution in [-0.4, -0.2) is 10.4 Å². The summed E-state index contributed by atoms with van der Waals surface area (Å²) in [7, 11) is 1.87. The summed E-state index contributed by atoms with van der Waals surface area (Å²) in [6.45, 7) is 3.92. The van der Waals surface area contributed by atoms with Crippen molar-refractivity contribution in [2.45, 2.75) is 20.3 Å². The van der Waals surface area contributed by atoms with Gasteiger partial charge in [-0.05, 0) is 37.1 Å². The normalized spacial score (nSPS) is 10.8. The molecule has 0 N–H and O–H groups in total. The Bertz CT molecular complexity index is 891. The van der Waals surface area contributed by atoms with E-state index >= 15 is 0 Å². The maximum atomic E-state index is 13.9. The Morgan fingerprint density at radius 2 is 1.71 bits per heavy atom. The molecule has 0 fully saturated rings. The van der Waals surface area contributed by atoms with E-state index in [9.17, 15) is 9.18 Å². The van der Waals surface area contributed by atoms with Gasteiger partial charge in [-0.1, -0.05) is 48.0 Å². The fourth-order valence-electron chi connectivity index (χ4n) is 3.00. The first-order valence-electron chi connectivity index (χ1n) is 7.97. The first-order chi connectivity index (χ1) is 11.5. The van der Waals surface area contributed by atoms with Gasteiger partial charge in [-0.25, -0.2) is 4.39 Å². The lowest BCUT2D eigenvalue weighted by Gasteiger charge is -2.09. The van der Waals surface area contributed by atoms with Crippen molar-refractivity contribution in [2.24, 2.45) is 7.05 Å². The van der Waals surface area contributed by atoms with Crippen LogP contribution in [0.25, 0.3) is 0 Å². The summed E-state index contributed by atoms with van der Waals surface area (Å²) in [6, 6.07) is 16.3. The van der Waals surface area contributed by atoms with E-state index in [1.165, 1.54) is 6.07 Å². The van der Waals surface area contributed by atoms with Gasteiger partial charge in [-0.2, -0.15) is 0 Å². The number of halogens is 1. The van der Waals surface area contributed by atoms with E-state index in [4.69, 9.17) is 0 Å². The van der Waals surface area contributed by atoms with Crippen LogP contribution in [0.5, 0.6) is 0 Å². The highest BCUT2D eigenvalue weighted by Crippen LogP contribution is 2.21. The zero-order valence-electron chi connectivity index (χ0n) is 14.1. The van der Waals surface area contributed by atoms with Crippen LogP contribution >= 0.6 is 0 Å². The predicted molar refractivity (Wildman–Crippen MR) is 94.0 cm³/mol. The number of benzene rings is 2. The van der Waals surface area contributed by atoms with E-state index in [1.807, 2.05) is 61.9 Å². The van der Waals surface area contributed by atoms with E-state index in [0.717, 1.165) is 16.8 Å². The summed E-state index contributed by atoms with van der Waals surface area (Å²) < 4.78 is 15.8. The van der Waals surface area contributed by atoms with Crippen LogP contribution in [0.4, 0.5) is 4.39 Å². The number of ketones is 1. The molecular formula is C21H20FNO. The quantitative estimate of drug-likeness (QED) is 0.644. The lowest BCUT2D eigenvalue weighted by atomic mass is 10.0. The average molecular weight is 321 g/mol. The average Bonchev–Trinajstić information content (AvgIpc) is 2.84. The van der Waals surface area contributed by atoms with Crippen molar-refractivity contribution in [3.05, 3.63) is 94.1 Å². The van der Waals surface area contributed by atoms with Gasteiger partial charge in [0, 0.05) is 24.7 Å². The summed E-state index contributed by atoms with van der Waals surface area (Å²) >= 11 is 0. The first-order valence-corrected chi connectivity index (χ1v) is 7.97. The standard InChI is InChI=1S/C21H20FNO/c1-14-8-10-16(11-9-14)21(24)20-15(2)12-18(23(20)3)13-17-6-4-5-7-19(17)22/h4-12H,13H2,1-3H3. The molecule has 0 aliphatic rings. The second kappa shape index (κ2) is 6.44. The van der Waals surface area contributed by atoms with E-state index in [1.54, 1.807) is 12.1 Å². The molecule has 0 amide bonds. The van der Waals surface area contributed by atoms with Crippen LogP contribution < -0.4 is 0 Å². The van der Waals surface area contributed by atoms with E-state index in [0.29, 0.717) is 23.2 Å². The van der Waals surface area contributed by atoms with Crippen LogP contribution in [-0.2, 0) is 13.5 Å². The molecule has 122 valence electrons. The van der Waals surface area contributed by atoms with Gasteiger partial charge in [0.1, 0.15) is 5.82 Å². The highest BCUT2D eigenvalue weighted by atomic mass is 19.1. The lowest BCUT2D eigenvalue weighted by molar-refractivity contribution is 0.103. The Hall–Kier alpha value is -2.68. The molecule has 0 saturated carbocycles. The Morgan fingerprint density at radius 1 is 1.04 bits per heavy atom. The minimum absolute atomic E-state index is 0.00483. The lowest BCUT2D eigenvalue weighted by Crippen LogP contribution is -2.11. The molecule has 0 aliphatic carbocycles. The van der Waals surface area contributed by atoms with Crippen LogP contribution in [0.3, 0.4) is 0 Å². The number of aryl methyl sites for hydroxylation is 2. The monoisotopic (exact) mass is 321 g/mol. The topological polar surface area (TPSA) is 22.0 Å². The molecule has 3 heteroatoms. The molecular weight excluding hydrogens is 301 g/mol. The second-order valence-electron chi connectivity index (χ2n) is 6.19. The molecule has 0 unspecified atom stereocenters. The van der Waals surface area contributed by atoms with E-state index in [2.05, 4.69) is 0 Å². The summed E-state index contributed by atoms with van der Waals surface area (Å²) in [6.07, 6.45) is 0.463. The molecule has 2 aromatic carbocycles. The Balaban J connectivity index is 1.96. The van der Waals surface area contributed by atoms with Crippen molar-refractivity contribution >= 4 is 5.78 Å². The fourth-order valence-corrected chi connectivity index (χ4v) is 3.00. The van der Waals surface area contributed by atoms with E-state index < -0.39 is 0 Å². The van der Waals surface area contributed by atoms with Crippen LogP contribution in [0.2, 0.25) is 0 Å². The molecule has 0 saturated heterocycles. The largest absolute Gasteiger partial charge is 0.344 e. The number of nitrogens with zero attached hydrogens (tertiary/aromatic N) is 1. The van der Waals surface area contributed by atoms with Gasteiger partial charge in [0.2, 0.25) is 5.78 Å². The summed E-state index contributed by atoms with van der Waals surface area (Å²) in [5, 5.41) is 0. The molecule has 3 rings (SSSR count). The van der Waals surface area contributed by atoms with Crippen molar-refractivity contribution in [3.63, 3.8) is 0 Å². The van der Waals surface area contributed by atoms with Gasteiger partial charge in [-0.3, -0.25) is 4.79 Å². The Labute approximate surface area is 141 Å². The molecule has 0 radical (unpaired) electrons. The number of hydrogen-bond donors (Lipinski definition) is 0. The number of rotatable bonds is 4. The maximum absolute atomic E-state index is 13.9. The van der Waals surface area contributed by atoms with Crippen LogP contribution in [0.1, 0.15) is 38.4 Å². The minimum atomic E-state index is -0.220. The molecule has 0 spiro atoms. The minimum Gasteiger partial charge on any atom is -0.344 e. The van der Waals surface area contributed by atoms with E-state index in [-0.39, 0.29) is 11.6 Å². The van der Waals surface area contributed by atoms with Gasteiger partial charge in [-0.15, -0.1) is 0 Å². The van der Waals surface area contributed by atoms with Gasteiger partial charge in [0.15, 0.2) is 0 Å². The van der Waals surface area contributed by atoms with Gasteiger partial charge >= 0.3 is 0 Å². The summed E-state index contributed by atoms with van der Waals surface area (Å²) in [5.74, 6) is -0.224. The number of carbonyl (C=O) groups excluding carboxylic acids is 1. The molecule has 0 bridgehead atoms. The number of hydrogen-bond acceptors (Lipinski definition) is 1. The number of aromatic nitrogens is 1. The highest BCUT2D eigenvalue weighted by molar-refractivity contribution is 6.09. The van der Waals surface area contributed by atoms with Crippen molar-refractivity contribution in [3.8, 4) is 0 Å². The third kappa shape index (κ3) is 3.02. The molecule has 0 atom stereocenters. The SMILES string of the molecule is Cc1ccc(C(=O)c2c(C)cc(Cc3ccccc3F)n2C)cc1. The molecule has 1 heterocycles. The second-order valence-corrected chi connectivity index (χ2v) is 6.19. The van der Waals surface area contributed by atoms with Gasteiger partial charge < -0.3 is 4.57 Å². The van der Waals surface area contributed by atoms with Crippen molar-refractivity contribution < 1.29 is 9.18 Å². The smallest absolute Gasteiger partial charge is 0.209 e. The molecule has 0 aliphatic heterocycles. The predicted octanol–water partition coefficient (Wildman–Crippen LogP) is 4.60. The zero-order chi connectivity index (χ0) is 17.3. The Morgan fingerprint density at radius 3 is 2.38 bits per heavy atom. The van der Waals surface area contributed by atoms with Gasteiger partial charge in [0.25, 0.3) is 0 Å². The molecule has 3 aromatic rings. The molecule has 2 nitrogen and oxygen atoms in total. The van der Waals surface area contributed by atoms with Gasteiger partial charge in [0.05, 0.1) is 5.69 Å². The number of carbonyl (C=O) groups is 1. The van der Waals surface area contributed by atoms with Crippen LogP contribution in [0, 0.1) is 19.7 Å². The third-order valence-corrected chi connectivity index (χ3v) is 4.38. The van der Waals surface area contributed by atoms with Crippen molar-refractivity contribution in [1.29, 1.82) is 0 Å². The fraction of sp³-hybridized carbons (Fsp3) is 0.190. The Kier molecular flexibility index (Phi) is 4.34. The highest BCUT2D eigenvalue weighted by Gasteiger charge is 2.19. The molecule has 24 heavy (non-hydrogen) atoms. The zero-order valence-corrected chi connectivity index (χ0v) is 14.1. The van der Waals surface area contributed by atoms with Crippen LogP contribution in [0.15, 0.2) is 54.6 Å². The third-order valence-electron chi connectivity index (χ3n) is 4.38. The van der Waals surface area contributed by atoms with Crippen molar-refractivity contribution in [1.82, 2.24) is 4.57 Å². The summed E-state index contributed by atoms with van der Waals surface area (Å²) in [5.41, 5.74) is 4.91. The first kappa shape index (κ1) is 16.2.